The van der Waals surface area contributed by atoms with Crippen molar-refractivity contribution in [2.24, 2.45) is 7.05 Å². The number of aromatic nitrogens is 8. The second-order valence-corrected chi connectivity index (χ2v) is 14.8. The van der Waals surface area contributed by atoms with Crippen LogP contribution in [0.3, 0.4) is 0 Å². The number of imidazole rings is 1. The third kappa shape index (κ3) is 17.9. The summed E-state index contributed by atoms with van der Waals surface area (Å²) in [4.78, 5) is 30.3. The molecule has 69 heavy (non-hydrogen) atoms. The van der Waals surface area contributed by atoms with Crippen molar-refractivity contribution in [3.8, 4) is 0 Å². The molecule has 0 radical (unpaired) electrons. The Bertz CT molecular complexity index is 2780. The van der Waals surface area contributed by atoms with Gasteiger partial charge in [0.2, 0.25) is 0 Å². The summed E-state index contributed by atoms with van der Waals surface area (Å²) in [7, 11) is 2.03. The Hall–Kier alpha value is -6.93. The van der Waals surface area contributed by atoms with Gasteiger partial charge in [-0.05, 0) is 132 Å². The average Bonchev–Trinajstić information content (AvgIpc) is 3.68. The molecule has 0 fully saturated rings. The number of rotatable bonds is 0. The van der Waals surface area contributed by atoms with Gasteiger partial charge in [0.1, 0.15) is 5.82 Å². The lowest BCUT2D eigenvalue weighted by atomic mass is 10.1. The third-order valence-corrected chi connectivity index (χ3v) is 10.1. The molecule has 0 saturated carbocycles. The van der Waals surface area contributed by atoms with E-state index in [4.69, 9.17) is 0 Å². The van der Waals surface area contributed by atoms with Crippen molar-refractivity contribution in [3.05, 3.63) is 185 Å². The van der Waals surface area contributed by atoms with Crippen LogP contribution in [0.5, 0.6) is 0 Å². The molecule has 0 saturated heterocycles. The molecule has 0 aliphatic rings. The van der Waals surface area contributed by atoms with Gasteiger partial charge in [0.25, 0.3) is 0 Å². The highest BCUT2D eigenvalue weighted by molar-refractivity contribution is 5.85. The molecule has 0 atom stereocenters. The van der Waals surface area contributed by atoms with E-state index in [1.165, 1.54) is 49.5 Å². The first-order valence-electron chi connectivity index (χ1n) is 24.8. The molecule has 5 aromatic heterocycles. The lowest BCUT2D eigenvalue weighted by Gasteiger charge is -2.01. The van der Waals surface area contributed by atoms with Crippen molar-refractivity contribution in [3.63, 3.8) is 0 Å². The van der Waals surface area contributed by atoms with E-state index in [0.717, 1.165) is 56.0 Å². The standard InChI is InChI=1S/2C11H11N.2C10H10N2.C9H10N2.5C2H6/c1-8-7-10-5-3-4-6-11(10)9(2)12-8;1-8-7-9(2)12-11-6-4-3-5-10(8)11;1-7-5-8(2)10-9(6-7)11-3-4-12-10;1-7-3-4-8(2)10-9(7)11-5-6-12-10;1-7-10-8-5-3-4-6-9(8)11(7)2;5*1-2/h2*3-7H,1-2H3;2*3-6H,1-2H3;3-6H,1-2H3;5*1-2H3. The Balaban J connectivity index is 0.000000412. The third-order valence-electron chi connectivity index (χ3n) is 10.1. The Labute approximate surface area is 415 Å². The van der Waals surface area contributed by atoms with Gasteiger partial charge in [-0.3, -0.25) is 29.9 Å². The van der Waals surface area contributed by atoms with Gasteiger partial charge < -0.3 is 4.57 Å². The highest BCUT2D eigenvalue weighted by Gasteiger charge is 2.03. The van der Waals surface area contributed by atoms with E-state index >= 15 is 0 Å². The summed E-state index contributed by atoms with van der Waals surface area (Å²) >= 11 is 0. The Morgan fingerprint density at radius 2 is 0.841 bits per heavy atom. The van der Waals surface area contributed by atoms with Crippen LogP contribution in [0.15, 0.2) is 134 Å². The molecule has 5 aromatic carbocycles. The second kappa shape index (κ2) is 32.7. The molecule has 0 amide bonds. The van der Waals surface area contributed by atoms with Gasteiger partial charge in [0.15, 0.2) is 0 Å². The van der Waals surface area contributed by atoms with Crippen LogP contribution in [0.25, 0.3) is 54.8 Å². The predicted octanol–water partition coefficient (Wildman–Crippen LogP) is 17.2. The van der Waals surface area contributed by atoms with Crippen molar-refractivity contribution in [1.29, 1.82) is 0 Å². The zero-order chi connectivity index (χ0) is 52.1. The second-order valence-electron chi connectivity index (χ2n) is 14.8. The van der Waals surface area contributed by atoms with E-state index in [1.54, 1.807) is 24.8 Å². The highest BCUT2D eigenvalue weighted by Crippen LogP contribution is 2.19. The fourth-order valence-electron chi connectivity index (χ4n) is 7.07. The van der Waals surface area contributed by atoms with E-state index in [-0.39, 0.29) is 0 Å². The van der Waals surface area contributed by atoms with Crippen molar-refractivity contribution < 1.29 is 0 Å². The van der Waals surface area contributed by atoms with Gasteiger partial charge >= 0.3 is 0 Å². The number of pyridine rings is 2. The summed E-state index contributed by atoms with van der Waals surface area (Å²) in [6.07, 6.45) is 6.91. The van der Waals surface area contributed by atoms with Gasteiger partial charge in [-0.2, -0.15) is 0 Å². The summed E-state index contributed by atoms with van der Waals surface area (Å²) < 4.78 is 2.09. The minimum atomic E-state index is 0.981. The van der Waals surface area contributed by atoms with Crippen LogP contribution in [-0.4, -0.2) is 39.5 Å². The first kappa shape index (κ1) is 60.1. The summed E-state index contributed by atoms with van der Waals surface area (Å²) in [5.41, 5.74) is 16.8. The maximum absolute atomic E-state index is 4.44. The number of nitrogens with zero attached hydrogens (tertiary/aromatic N) is 8. The van der Waals surface area contributed by atoms with Crippen LogP contribution in [-0.2, 0) is 7.05 Å². The molecule has 10 rings (SSSR count). The molecular formula is C61H82N8. The Morgan fingerprint density at radius 3 is 1.42 bits per heavy atom. The number of hydrogen-bond donors (Lipinski definition) is 0. The van der Waals surface area contributed by atoms with Gasteiger partial charge in [-0.15, -0.1) is 0 Å². The van der Waals surface area contributed by atoms with Crippen LogP contribution in [0, 0.1) is 62.3 Å². The maximum Gasteiger partial charge on any atom is 0.106 e. The van der Waals surface area contributed by atoms with Crippen molar-refractivity contribution in [1.82, 2.24) is 39.5 Å². The largest absolute Gasteiger partial charge is 0.331 e. The fourth-order valence-corrected chi connectivity index (χ4v) is 7.07. The summed E-state index contributed by atoms with van der Waals surface area (Å²) in [5.74, 6) is 1.06. The highest BCUT2D eigenvalue weighted by atomic mass is 15.0. The fraction of sp³-hybridized carbons (Fsp3) is 0.328. The van der Waals surface area contributed by atoms with E-state index in [0.29, 0.717) is 0 Å². The molecule has 366 valence electrons. The van der Waals surface area contributed by atoms with Crippen LogP contribution in [0.4, 0.5) is 0 Å². The van der Waals surface area contributed by atoms with Gasteiger partial charge in [0.05, 0.1) is 38.6 Å². The van der Waals surface area contributed by atoms with Crippen LogP contribution < -0.4 is 0 Å². The SMILES string of the molecule is CC.CC.CC.CC.CC.Cc1cc(C)c2ccccc2n1.Cc1cc(C)c2nccnc2c1.Cc1cc2ccccc2c(C)n1.Cc1ccc(C)c2nccnc12.Cc1nc2ccccc2n1C. The van der Waals surface area contributed by atoms with Crippen LogP contribution in [0.2, 0.25) is 0 Å². The number of hydrogen-bond acceptors (Lipinski definition) is 7. The van der Waals surface area contributed by atoms with E-state index in [1.807, 2.05) is 133 Å². The monoisotopic (exact) mass is 927 g/mol. The zero-order valence-electron chi connectivity index (χ0n) is 45.8. The molecule has 5 heterocycles. The molecule has 0 N–H and O–H groups in total. The van der Waals surface area contributed by atoms with E-state index < -0.39 is 0 Å². The number of aryl methyl sites for hydroxylation is 10. The first-order chi connectivity index (χ1) is 33.4. The summed E-state index contributed by atoms with van der Waals surface area (Å²) in [6, 6.07) is 37.3. The molecule has 0 bridgehead atoms. The predicted molar refractivity (Wildman–Crippen MR) is 303 cm³/mol. The quantitative estimate of drug-likeness (QED) is 0.149. The van der Waals surface area contributed by atoms with Crippen molar-refractivity contribution in [2.75, 3.05) is 0 Å². The Morgan fingerprint density at radius 1 is 0.362 bits per heavy atom. The normalized spacial score (nSPS) is 9.45. The van der Waals surface area contributed by atoms with Gasteiger partial charge in [-0.1, -0.05) is 142 Å². The van der Waals surface area contributed by atoms with Crippen molar-refractivity contribution in [2.45, 2.75) is 132 Å². The molecule has 0 spiro atoms. The number of para-hydroxylation sites is 3. The van der Waals surface area contributed by atoms with Gasteiger partial charge in [0, 0.05) is 59.7 Å². The minimum Gasteiger partial charge on any atom is -0.331 e. The van der Waals surface area contributed by atoms with Gasteiger partial charge in [-0.25, -0.2) is 4.98 Å². The summed E-state index contributed by atoms with van der Waals surface area (Å²) in [6.45, 7) is 38.5. The van der Waals surface area contributed by atoms with E-state index in [2.05, 4.69) is 154 Å². The molecule has 10 aromatic rings. The molecule has 0 unspecified atom stereocenters. The molecule has 8 nitrogen and oxygen atoms in total. The summed E-state index contributed by atoms with van der Waals surface area (Å²) in [5, 5.41) is 3.79. The molecule has 0 aliphatic heterocycles. The van der Waals surface area contributed by atoms with Crippen LogP contribution in [0.1, 0.15) is 120 Å². The zero-order valence-corrected chi connectivity index (χ0v) is 45.8. The smallest absolute Gasteiger partial charge is 0.106 e. The number of fused-ring (bicyclic) bond motifs is 5. The molecule has 0 aliphatic carbocycles. The van der Waals surface area contributed by atoms with Crippen molar-refractivity contribution >= 4 is 54.8 Å². The first-order valence-corrected chi connectivity index (χ1v) is 24.8. The topological polar surface area (TPSA) is 95.2 Å². The lowest BCUT2D eigenvalue weighted by molar-refractivity contribution is 0.886. The average molecular weight is 927 g/mol. The Kier molecular flexibility index (Phi) is 28.5. The molecule has 8 heteroatoms. The van der Waals surface area contributed by atoms with E-state index in [9.17, 15) is 0 Å². The van der Waals surface area contributed by atoms with Crippen LogP contribution >= 0.6 is 0 Å². The number of benzene rings is 5. The lowest BCUT2D eigenvalue weighted by Crippen LogP contribution is -1.89. The minimum absolute atomic E-state index is 0.981. The molecular weight excluding hydrogens is 845 g/mol. The maximum atomic E-state index is 4.44.